The number of nitrogens with zero attached hydrogens (tertiary/aromatic N) is 4. The van der Waals surface area contributed by atoms with Crippen LogP contribution in [0.3, 0.4) is 0 Å². The Morgan fingerprint density at radius 2 is 2.17 bits per heavy atom. The Morgan fingerprint density at radius 3 is 3.00 bits per heavy atom. The number of anilines is 1. The molecule has 1 N–H and O–H groups in total. The van der Waals surface area contributed by atoms with Crippen molar-refractivity contribution < 1.29 is 18.7 Å². The molecule has 2 aliphatic rings. The van der Waals surface area contributed by atoms with E-state index >= 15 is 0 Å². The van der Waals surface area contributed by atoms with E-state index in [4.69, 9.17) is 9.47 Å². The van der Waals surface area contributed by atoms with Gasteiger partial charge >= 0.3 is 0 Å². The van der Waals surface area contributed by atoms with Crippen LogP contribution >= 0.6 is 0 Å². The predicted octanol–water partition coefficient (Wildman–Crippen LogP) is 4.91. The molecule has 3 heterocycles. The predicted molar refractivity (Wildman–Crippen MR) is 133 cm³/mol. The monoisotopic (exact) mass is 493 g/mol. The molecule has 1 aliphatic carbocycles. The first-order valence-electron chi connectivity index (χ1n) is 12.8. The number of carbonyl (C=O) groups excluding carboxylic acids is 1. The van der Waals surface area contributed by atoms with Crippen molar-refractivity contribution in [1.29, 1.82) is 0 Å². The topological polar surface area (TPSA) is 91.2 Å². The molecule has 5 rings (SSSR count). The second kappa shape index (κ2) is 11.1. The van der Waals surface area contributed by atoms with Gasteiger partial charge in [0.2, 0.25) is 0 Å². The normalized spacial score (nSPS) is 17.7. The van der Waals surface area contributed by atoms with Gasteiger partial charge in [0.15, 0.2) is 29.2 Å². The highest BCUT2D eigenvalue weighted by Gasteiger charge is 2.28. The molecule has 0 radical (unpaired) electrons. The van der Waals surface area contributed by atoms with Crippen LogP contribution in [0.4, 0.5) is 10.2 Å². The third-order valence-corrected chi connectivity index (χ3v) is 6.91. The van der Waals surface area contributed by atoms with Crippen LogP contribution in [-0.2, 0) is 17.8 Å². The van der Waals surface area contributed by atoms with Gasteiger partial charge in [0.1, 0.15) is 0 Å². The van der Waals surface area contributed by atoms with Crippen molar-refractivity contribution in [3.8, 4) is 11.5 Å². The van der Waals surface area contributed by atoms with Gasteiger partial charge in [-0.1, -0.05) is 18.2 Å². The number of pyridine rings is 1. The summed E-state index contributed by atoms with van der Waals surface area (Å²) in [6.07, 6.45) is 9.27. The van der Waals surface area contributed by atoms with Gasteiger partial charge in [-0.25, -0.2) is 14.1 Å². The lowest BCUT2D eigenvalue weighted by molar-refractivity contribution is -0.123. The highest BCUT2D eigenvalue weighted by atomic mass is 19.1. The Morgan fingerprint density at radius 1 is 1.28 bits per heavy atom. The molecular formula is C27H32FN5O3. The summed E-state index contributed by atoms with van der Waals surface area (Å²) in [5, 5.41) is 11.2. The molecule has 8 nitrogen and oxygen atoms in total. The summed E-state index contributed by atoms with van der Waals surface area (Å²) in [5.41, 5.74) is 2.09. The van der Waals surface area contributed by atoms with Crippen molar-refractivity contribution in [3.63, 3.8) is 0 Å². The highest BCUT2D eigenvalue weighted by Crippen LogP contribution is 2.32. The molecular weight excluding hydrogens is 461 g/mol. The van der Waals surface area contributed by atoms with Gasteiger partial charge in [-0.05, 0) is 80.7 Å². The van der Waals surface area contributed by atoms with Crippen molar-refractivity contribution >= 4 is 11.7 Å². The molecule has 190 valence electrons. The number of benzene rings is 1. The van der Waals surface area contributed by atoms with Gasteiger partial charge in [0.05, 0.1) is 18.5 Å². The molecule has 2 aromatic heterocycles. The number of nitrogens with one attached hydrogen (secondary N) is 1. The first kappa shape index (κ1) is 24.2. The van der Waals surface area contributed by atoms with Crippen LogP contribution in [0.1, 0.15) is 62.6 Å². The number of aryl methyl sites for hydroxylation is 1. The minimum atomic E-state index is -0.510. The quantitative estimate of drug-likeness (QED) is 0.361. The molecule has 1 aliphatic heterocycles. The van der Waals surface area contributed by atoms with E-state index in [0.717, 1.165) is 36.9 Å². The van der Waals surface area contributed by atoms with Gasteiger partial charge in [-0.2, -0.15) is 0 Å². The summed E-state index contributed by atoms with van der Waals surface area (Å²) in [5.74, 6) is 1.69. The maximum atomic E-state index is 14.3. The fraction of sp³-hybridized carbons (Fsp3) is 0.481. The Hall–Kier alpha value is -3.49. The van der Waals surface area contributed by atoms with E-state index in [0.29, 0.717) is 42.8 Å². The summed E-state index contributed by atoms with van der Waals surface area (Å²) in [7, 11) is 0. The molecule has 36 heavy (non-hydrogen) atoms. The largest absolute Gasteiger partial charge is 0.490 e. The molecule has 3 aromatic rings. The Kier molecular flexibility index (Phi) is 7.44. The van der Waals surface area contributed by atoms with E-state index in [1.807, 2.05) is 22.9 Å². The van der Waals surface area contributed by atoms with Crippen molar-refractivity contribution in [2.24, 2.45) is 5.92 Å². The maximum Gasteiger partial charge on any atom is 0.266 e. The van der Waals surface area contributed by atoms with Crippen LogP contribution in [0.5, 0.6) is 11.5 Å². The number of hydrogen-bond donors (Lipinski definition) is 1. The van der Waals surface area contributed by atoms with Crippen LogP contribution in [-0.4, -0.2) is 38.6 Å². The molecule has 2 unspecified atom stereocenters. The second-order valence-corrected chi connectivity index (χ2v) is 9.65. The average Bonchev–Trinajstić information content (AvgIpc) is 3.62. The minimum absolute atomic E-state index is 0.154. The lowest BCUT2D eigenvalue weighted by atomic mass is 9.96. The number of amides is 1. The van der Waals surface area contributed by atoms with Crippen molar-refractivity contribution in [2.75, 3.05) is 11.9 Å². The number of carbonyl (C=O) groups is 1. The van der Waals surface area contributed by atoms with E-state index < -0.39 is 6.10 Å². The molecule has 1 aromatic carbocycles. The fourth-order valence-corrected chi connectivity index (χ4v) is 4.49. The van der Waals surface area contributed by atoms with E-state index in [9.17, 15) is 9.18 Å². The molecule has 2 atom stereocenters. The fourth-order valence-electron chi connectivity index (χ4n) is 4.49. The summed E-state index contributed by atoms with van der Waals surface area (Å²) < 4.78 is 27.8. The van der Waals surface area contributed by atoms with Crippen LogP contribution in [0.25, 0.3) is 0 Å². The molecule has 1 fully saturated rings. The van der Waals surface area contributed by atoms with E-state index in [-0.39, 0.29) is 17.6 Å². The zero-order valence-electron chi connectivity index (χ0n) is 20.5. The van der Waals surface area contributed by atoms with Crippen LogP contribution in [0.2, 0.25) is 0 Å². The third kappa shape index (κ3) is 5.83. The summed E-state index contributed by atoms with van der Waals surface area (Å²) in [4.78, 5) is 16.4. The number of aromatic nitrogens is 4. The number of hydrogen-bond acceptors (Lipinski definition) is 6. The van der Waals surface area contributed by atoms with Crippen molar-refractivity contribution in [1.82, 2.24) is 20.0 Å². The van der Waals surface area contributed by atoms with Crippen molar-refractivity contribution in [2.45, 2.75) is 70.4 Å². The van der Waals surface area contributed by atoms with Gasteiger partial charge in [0.25, 0.3) is 5.91 Å². The molecule has 9 heteroatoms. The van der Waals surface area contributed by atoms with Gasteiger partial charge in [0, 0.05) is 18.7 Å². The lowest BCUT2D eigenvalue weighted by Crippen LogP contribution is -2.37. The number of rotatable bonds is 12. The standard InChI is InChI=1S/C27H32FN5O3/c1-2-19(20-11-12-22(28)25(14-20)35-17-18-9-10-18)16-33-21(15-30-32-33)6-3-4-7-24-27(34)31-26-23(36-24)8-5-13-29-26/h5,8,11-15,18-19,24H,2-4,6-7,9-10,16-17H2,1H3,(H,29,31,34). The molecule has 0 spiro atoms. The van der Waals surface area contributed by atoms with Gasteiger partial charge in [-0.15, -0.1) is 5.10 Å². The maximum absolute atomic E-state index is 14.3. The van der Waals surface area contributed by atoms with Crippen LogP contribution < -0.4 is 14.8 Å². The number of unbranched alkanes of at least 4 members (excludes halogenated alkanes) is 1. The van der Waals surface area contributed by atoms with Crippen LogP contribution in [0, 0.1) is 11.7 Å². The number of fused-ring (bicyclic) bond motifs is 1. The van der Waals surface area contributed by atoms with E-state index in [1.54, 1.807) is 18.5 Å². The third-order valence-electron chi connectivity index (χ3n) is 6.91. The smallest absolute Gasteiger partial charge is 0.266 e. The molecule has 1 saturated carbocycles. The number of ether oxygens (including phenoxy) is 2. The average molecular weight is 494 g/mol. The zero-order chi connectivity index (χ0) is 24.9. The summed E-state index contributed by atoms with van der Waals surface area (Å²) >= 11 is 0. The highest BCUT2D eigenvalue weighted by molar-refractivity contribution is 5.96. The molecule has 0 bridgehead atoms. The Balaban J connectivity index is 1.14. The minimum Gasteiger partial charge on any atom is -0.490 e. The Labute approximate surface area is 210 Å². The van der Waals surface area contributed by atoms with Crippen LogP contribution in [0.15, 0.2) is 42.7 Å². The first-order valence-corrected chi connectivity index (χ1v) is 12.8. The Bertz CT molecular complexity index is 1200. The van der Waals surface area contributed by atoms with Crippen molar-refractivity contribution in [3.05, 3.63) is 59.8 Å². The second-order valence-electron chi connectivity index (χ2n) is 9.65. The van der Waals surface area contributed by atoms with E-state index in [2.05, 4.69) is 27.5 Å². The molecule has 0 saturated heterocycles. The summed E-state index contributed by atoms with van der Waals surface area (Å²) in [6.45, 7) is 3.37. The molecule has 1 amide bonds. The first-order chi connectivity index (χ1) is 17.6. The number of halogens is 1. The van der Waals surface area contributed by atoms with E-state index in [1.165, 1.54) is 18.9 Å². The SMILES string of the molecule is CCC(Cn1nncc1CCCCC1Oc2cccnc2NC1=O)c1ccc(F)c(OCC2CC2)c1. The van der Waals surface area contributed by atoms with Gasteiger partial charge < -0.3 is 14.8 Å². The van der Waals surface area contributed by atoms with Gasteiger partial charge in [-0.3, -0.25) is 4.79 Å². The summed E-state index contributed by atoms with van der Waals surface area (Å²) in [6, 6.07) is 8.78. The lowest BCUT2D eigenvalue weighted by Gasteiger charge is -2.24. The zero-order valence-corrected chi connectivity index (χ0v) is 20.5.